The van der Waals surface area contributed by atoms with Crippen LogP contribution in [0.25, 0.3) is 0 Å². The molecule has 0 heterocycles. The standard InChI is InChI=1S/C14H8O6/c15-9(5-6-10(16)17)11-12(18)7-3-1-2-4-8(7)13(19)14(11)20/h1-6,20H,(H,16,17). The molecule has 6 nitrogen and oxygen atoms in total. The fraction of sp³-hybridized carbons (Fsp3) is 0. The number of allylic oxidation sites excluding steroid dienone is 3. The molecule has 2 rings (SSSR count). The van der Waals surface area contributed by atoms with E-state index in [1.165, 1.54) is 24.3 Å². The van der Waals surface area contributed by atoms with Crippen LogP contribution < -0.4 is 0 Å². The normalized spacial score (nSPS) is 14.6. The zero-order chi connectivity index (χ0) is 14.9. The Morgan fingerprint density at radius 3 is 2.05 bits per heavy atom. The quantitative estimate of drug-likeness (QED) is 0.629. The van der Waals surface area contributed by atoms with E-state index in [-0.39, 0.29) is 11.1 Å². The lowest BCUT2D eigenvalue weighted by molar-refractivity contribution is -0.131. The van der Waals surface area contributed by atoms with Crippen LogP contribution in [0.3, 0.4) is 0 Å². The van der Waals surface area contributed by atoms with Gasteiger partial charge in [-0.15, -0.1) is 0 Å². The Hall–Kier alpha value is -3.02. The van der Waals surface area contributed by atoms with Gasteiger partial charge in [0.05, 0.1) is 0 Å². The lowest BCUT2D eigenvalue weighted by atomic mass is 9.86. The van der Waals surface area contributed by atoms with Crippen molar-refractivity contribution in [1.82, 2.24) is 0 Å². The summed E-state index contributed by atoms with van der Waals surface area (Å²) >= 11 is 0. The maximum Gasteiger partial charge on any atom is 0.328 e. The number of carboxylic acid groups (broad SMARTS) is 1. The van der Waals surface area contributed by atoms with Gasteiger partial charge in [0.15, 0.2) is 11.5 Å². The van der Waals surface area contributed by atoms with Crippen LogP contribution in [0.2, 0.25) is 0 Å². The molecule has 1 aliphatic rings. The van der Waals surface area contributed by atoms with E-state index in [1.54, 1.807) is 0 Å². The fourth-order valence-corrected chi connectivity index (χ4v) is 1.82. The molecular formula is C14H8O6. The SMILES string of the molecule is O=C(O)C=CC(=O)C1=C(O)C(=O)c2ccccc2C1=O. The van der Waals surface area contributed by atoms with Gasteiger partial charge in [-0.25, -0.2) is 4.79 Å². The number of hydrogen-bond acceptors (Lipinski definition) is 5. The van der Waals surface area contributed by atoms with Crippen LogP contribution in [0.5, 0.6) is 0 Å². The number of aliphatic hydroxyl groups is 1. The average Bonchev–Trinajstić information content (AvgIpc) is 2.43. The average molecular weight is 272 g/mol. The Morgan fingerprint density at radius 1 is 0.950 bits per heavy atom. The van der Waals surface area contributed by atoms with E-state index in [0.717, 1.165) is 0 Å². The van der Waals surface area contributed by atoms with Gasteiger partial charge in [-0.05, 0) is 6.08 Å². The van der Waals surface area contributed by atoms with Crippen molar-refractivity contribution in [2.24, 2.45) is 0 Å². The fourth-order valence-electron chi connectivity index (χ4n) is 1.82. The maximum atomic E-state index is 12.1. The molecule has 0 saturated heterocycles. The molecule has 6 heteroatoms. The first-order valence-corrected chi connectivity index (χ1v) is 5.50. The van der Waals surface area contributed by atoms with Gasteiger partial charge in [-0.2, -0.15) is 0 Å². The minimum absolute atomic E-state index is 0.00220. The van der Waals surface area contributed by atoms with Crippen LogP contribution in [-0.4, -0.2) is 33.5 Å². The second-order valence-corrected chi connectivity index (χ2v) is 3.96. The van der Waals surface area contributed by atoms with Crippen molar-refractivity contribution >= 4 is 23.3 Å². The molecule has 0 bridgehead atoms. The van der Waals surface area contributed by atoms with Gasteiger partial charge in [-0.1, -0.05) is 24.3 Å². The van der Waals surface area contributed by atoms with Gasteiger partial charge >= 0.3 is 5.97 Å². The molecule has 0 aromatic heterocycles. The maximum absolute atomic E-state index is 12.1. The van der Waals surface area contributed by atoms with Crippen molar-refractivity contribution in [3.8, 4) is 0 Å². The molecule has 2 N–H and O–H groups in total. The summed E-state index contributed by atoms with van der Waals surface area (Å²) in [4.78, 5) is 46.0. The summed E-state index contributed by atoms with van der Waals surface area (Å²) < 4.78 is 0. The Kier molecular flexibility index (Phi) is 3.30. The molecule has 0 saturated carbocycles. The predicted molar refractivity (Wildman–Crippen MR) is 66.5 cm³/mol. The molecule has 0 atom stereocenters. The smallest absolute Gasteiger partial charge is 0.328 e. The van der Waals surface area contributed by atoms with E-state index in [2.05, 4.69) is 0 Å². The molecule has 1 aromatic carbocycles. The summed E-state index contributed by atoms with van der Waals surface area (Å²) in [6.45, 7) is 0. The Labute approximate surface area is 112 Å². The first-order valence-electron chi connectivity index (χ1n) is 5.50. The van der Waals surface area contributed by atoms with Crippen molar-refractivity contribution in [1.29, 1.82) is 0 Å². The number of carbonyl (C=O) groups is 4. The molecule has 0 spiro atoms. The Morgan fingerprint density at radius 2 is 1.50 bits per heavy atom. The van der Waals surface area contributed by atoms with Crippen LogP contribution in [0.4, 0.5) is 0 Å². The lowest BCUT2D eigenvalue weighted by Gasteiger charge is -2.15. The van der Waals surface area contributed by atoms with Crippen LogP contribution in [0.1, 0.15) is 20.7 Å². The van der Waals surface area contributed by atoms with E-state index >= 15 is 0 Å². The second kappa shape index (κ2) is 4.93. The number of fused-ring (bicyclic) bond motifs is 1. The predicted octanol–water partition coefficient (Wildman–Crippen LogP) is 1.09. The summed E-state index contributed by atoms with van der Waals surface area (Å²) in [6, 6.07) is 5.76. The third-order valence-corrected chi connectivity index (χ3v) is 2.72. The van der Waals surface area contributed by atoms with Crippen molar-refractivity contribution in [3.05, 3.63) is 58.9 Å². The van der Waals surface area contributed by atoms with E-state index in [9.17, 15) is 24.3 Å². The molecule has 1 aliphatic carbocycles. The molecule has 0 aliphatic heterocycles. The first kappa shape index (κ1) is 13.4. The largest absolute Gasteiger partial charge is 0.503 e. The van der Waals surface area contributed by atoms with Crippen LogP contribution in [0.15, 0.2) is 47.7 Å². The number of aliphatic carboxylic acids is 1. The van der Waals surface area contributed by atoms with Gasteiger partial charge in [0.1, 0.15) is 5.57 Å². The molecule has 100 valence electrons. The summed E-state index contributed by atoms with van der Waals surface area (Å²) in [5, 5.41) is 18.1. The molecule has 0 unspecified atom stereocenters. The van der Waals surface area contributed by atoms with Gasteiger partial charge in [0, 0.05) is 17.2 Å². The highest BCUT2D eigenvalue weighted by Crippen LogP contribution is 2.25. The van der Waals surface area contributed by atoms with Crippen molar-refractivity contribution in [2.75, 3.05) is 0 Å². The molecule has 20 heavy (non-hydrogen) atoms. The number of carbonyl (C=O) groups excluding carboxylic acids is 3. The van der Waals surface area contributed by atoms with E-state index < -0.39 is 34.7 Å². The number of rotatable bonds is 3. The van der Waals surface area contributed by atoms with Crippen molar-refractivity contribution < 1.29 is 29.4 Å². The van der Waals surface area contributed by atoms with Gasteiger partial charge in [-0.3, -0.25) is 14.4 Å². The number of ketones is 3. The number of aliphatic hydroxyl groups excluding tert-OH is 1. The van der Waals surface area contributed by atoms with Crippen molar-refractivity contribution in [3.63, 3.8) is 0 Å². The number of carboxylic acids is 1. The van der Waals surface area contributed by atoms with Crippen LogP contribution in [-0.2, 0) is 9.59 Å². The molecule has 0 amide bonds. The second-order valence-electron chi connectivity index (χ2n) is 3.96. The minimum Gasteiger partial charge on any atom is -0.503 e. The van der Waals surface area contributed by atoms with Gasteiger partial charge in [0.2, 0.25) is 11.6 Å². The Bertz CT molecular complexity index is 708. The summed E-state index contributed by atoms with van der Waals surface area (Å²) in [7, 11) is 0. The van der Waals surface area contributed by atoms with Crippen LogP contribution in [0, 0.1) is 0 Å². The van der Waals surface area contributed by atoms with E-state index in [4.69, 9.17) is 5.11 Å². The van der Waals surface area contributed by atoms with Crippen molar-refractivity contribution in [2.45, 2.75) is 0 Å². The topological polar surface area (TPSA) is 109 Å². The molecular weight excluding hydrogens is 264 g/mol. The highest BCUT2D eigenvalue weighted by atomic mass is 16.4. The third-order valence-electron chi connectivity index (χ3n) is 2.72. The minimum atomic E-state index is -1.38. The first-order chi connectivity index (χ1) is 9.43. The third kappa shape index (κ3) is 2.14. The summed E-state index contributed by atoms with van der Waals surface area (Å²) in [6.07, 6.45) is 1.15. The summed E-state index contributed by atoms with van der Waals surface area (Å²) in [5.41, 5.74) is -0.706. The van der Waals surface area contributed by atoms with Crippen LogP contribution >= 0.6 is 0 Å². The number of Topliss-reactive ketones (excluding diaryl/α,β-unsaturated/α-hetero) is 2. The highest BCUT2D eigenvalue weighted by molar-refractivity contribution is 6.37. The van der Waals surface area contributed by atoms with Gasteiger partial charge < -0.3 is 10.2 Å². The zero-order valence-corrected chi connectivity index (χ0v) is 9.99. The zero-order valence-electron chi connectivity index (χ0n) is 9.99. The number of benzene rings is 1. The summed E-state index contributed by atoms with van der Waals surface area (Å²) in [5.74, 6) is -5.02. The van der Waals surface area contributed by atoms with Gasteiger partial charge in [0.25, 0.3) is 0 Å². The monoisotopic (exact) mass is 272 g/mol. The molecule has 0 radical (unpaired) electrons. The van der Waals surface area contributed by atoms with E-state index in [0.29, 0.717) is 12.2 Å². The number of hydrogen-bond donors (Lipinski definition) is 2. The van der Waals surface area contributed by atoms with E-state index in [1.807, 2.05) is 0 Å². The molecule has 1 aromatic rings. The Balaban J connectivity index is 2.52. The highest BCUT2D eigenvalue weighted by Gasteiger charge is 2.34. The molecule has 0 fully saturated rings. The lowest BCUT2D eigenvalue weighted by Crippen LogP contribution is -2.25.